The fourth-order valence-corrected chi connectivity index (χ4v) is 5.00. The second kappa shape index (κ2) is 18.8. The summed E-state index contributed by atoms with van der Waals surface area (Å²) in [4.78, 5) is 74.4. The number of nitrogens with one attached hydrogen (secondary N) is 2. The highest BCUT2D eigenvalue weighted by molar-refractivity contribution is 5.79. The van der Waals surface area contributed by atoms with Crippen LogP contribution in [0.5, 0.6) is 5.75 Å². The minimum Gasteiger partial charge on any atom is -0.464 e. The van der Waals surface area contributed by atoms with Gasteiger partial charge in [-0.25, -0.2) is 4.79 Å². The Balaban J connectivity index is 2.63. The number of esters is 5. The van der Waals surface area contributed by atoms with Gasteiger partial charge in [0.1, 0.15) is 24.6 Å². The van der Waals surface area contributed by atoms with E-state index in [1.165, 1.54) is 6.92 Å². The highest BCUT2D eigenvalue weighted by Gasteiger charge is 2.60. The number of hydrogen-bond acceptors (Lipinski definition) is 15. The third-order valence-corrected chi connectivity index (χ3v) is 6.84. The van der Waals surface area contributed by atoms with Gasteiger partial charge >= 0.3 is 35.6 Å². The smallest absolute Gasteiger partial charge is 0.379 e. The number of carbonyl (C=O) groups excluding carboxylic acids is 6. The van der Waals surface area contributed by atoms with E-state index in [-0.39, 0.29) is 5.75 Å². The molecule has 1 saturated heterocycles. The van der Waals surface area contributed by atoms with E-state index in [1.54, 1.807) is 24.3 Å². The van der Waals surface area contributed by atoms with E-state index in [2.05, 4.69) is 10.6 Å². The lowest BCUT2D eigenvalue weighted by Crippen LogP contribution is -2.70. The average Bonchev–Trinajstić information content (AvgIpc) is 2.98. The van der Waals surface area contributed by atoms with Gasteiger partial charge in [0, 0.05) is 41.2 Å². The van der Waals surface area contributed by atoms with Gasteiger partial charge in [-0.05, 0) is 43.6 Å². The summed E-state index contributed by atoms with van der Waals surface area (Å²) < 4.78 is 39.0. The highest BCUT2D eigenvalue weighted by atomic mass is 16.7. The molecule has 16 nitrogen and oxygen atoms in total. The summed E-state index contributed by atoms with van der Waals surface area (Å²) in [5.74, 6) is -7.11. The normalized spacial score (nSPS) is 21.7. The molecule has 1 fully saturated rings. The summed E-state index contributed by atoms with van der Waals surface area (Å²) >= 11 is 0. The Bertz CT molecular complexity index is 1240. The van der Waals surface area contributed by atoms with Gasteiger partial charge in [-0.1, -0.05) is 12.1 Å². The lowest BCUT2D eigenvalue weighted by molar-refractivity contribution is -0.289. The first-order valence-corrected chi connectivity index (χ1v) is 15.1. The Hall–Kier alpha value is -4.28. The molecule has 0 spiro atoms. The predicted octanol–water partition coefficient (Wildman–Crippen LogP) is 0.415. The number of amides is 1. The summed E-state index contributed by atoms with van der Waals surface area (Å²) in [6.07, 6.45) is -4.77. The lowest BCUT2D eigenvalue weighted by atomic mass is 9.88. The predicted molar refractivity (Wildman–Crippen MR) is 162 cm³/mol. The van der Waals surface area contributed by atoms with Gasteiger partial charge in [-0.15, -0.1) is 0 Å². The van der Waals surface area contributed by atoms with E-state index in [1.807, 2.05) is 0 Å². The molecule has 4 N–H and O–H groups in total. The molecule has 1 amide bonds. The number of benzene rings is 1. The maximum atomic E-state index is 13.5. The number of unbranched alkanes of at least 4 members (excludes halogenated alkanes) is 1. The van der Waals surface area contributed by atoms with Gasteiger partial charge in [0.15, 0.2) is 12.2 Å². The molecule has 1 aliphatic heterocycles. The zero-order chi connectivity index (χ0) is 35.1. The molecule has 262 valence electrons. The van der Waals surface area contributed by atoms with Crippen molar-refractivity contribution in [1.29, 1.82) is 0 Å². The molecule has 0 bridgehead atoms. The number of methoxy groups -OCH3 is 1. The SMILES string of the molecule is COC(=O)[C@@]1(Oc2ccc(CNCCCCN)cc2)C[C@H](OC(C)=O)[C@@H](NC(C)=O)[C@H]([C@H](OC(C)=O)[C@@H](COC(C)=O)OC(C)=O)O1. The van der Waals surface area contributed by atoms with Gasteiger partial charge < -0.3 is 49.5 Å². The monoisotopic (exact) mass is 667 g/mol. The van der Waals surface area contributed by atoms with E-state index in [0.29, 0.717) is 13.1 Å². The molecular formula is C31H45N3O13. The minimum atomic E-state index is -2.35. The molecule has 2 rings (SSSR count). The number of nitrogens with two attached hydrogens (primary N) is 1. The van der Waals surface area contributed by atoms with Crippen molar-refractivity contribution in [3.8, 4) is 5.75 Å². The molecule has 0 radical (unpaired) electrons. The Morgan fingerprint density at radius 3 is 2.13 bits per heavy atom. The van der Waals surface area contributed by atoms with Crippen LogP contribution in [0.3, 0.4) is 0 Å². The highest BCUT2D eigenvalue weighted by Crippen LogP contribution is 2.38. The van der Waals surface area contributed by atoms with Gasteiger partial charge in [-0.3, -0.25) is 24.0 Å². The van der Waals surface area contributed by atoms with Crippen LogP contribution in [0.15, 0.2) is 24.3 Å². The Morgan fingerprint density at radius 2 is 1.60 bits per heavy atom. The maximum absolute atomic E-state index is 13.5. The fraction of sp³-hybridized carbons (Fsp3) is 0.613. The summed E-state index contributed by atoms with van der Waals surface area (Å²) in [5.41, 5.74) is 6.45. The molecule has 1 heterocycles. The van der Waals surface area contributed by atoms with Crippen molar-refractivity contribution in [2.75, 3.05) is 26.8 Å². The van der Waals surface area contributed by atoms with Crippen LogP contribution in [-0.2, 0) is 63.7 Å². The minimum absolute atomic E-state index is 0.154. The summed E-state index contributed by atoms with van der Waals surface area (Å²) in [6, 6.07) is 5.40. The molecule has 0 aromatic heterocycles. The van der Waals surface area contributed by atoms with Crippen LogP contribution in [0.1, 0.15) is 59.4 Å². The molecule has 1 aromatic rings. The molecule has 47 heavy (non-hydrogen) atoms. The number of rotatable bonds is 17. The Morgan fingerprint density at radius 1 is 0.936 bits per heavy atom. The molecule has 0 aliphatic carbocycles. The van der Waals surface area contributed by atoms with Crippen LogP contribution in [0.2, 0.25) is 0 Å². The van der Waals surface area contributed by atoms with Crippen molar-refractivity contribution in [1.82, 2.24) is 10.6 Å². The summed E-state index contributed by atoms with van der Waals surface area (Å²) in [5, 5.41) is 5.91. The molecule has 1 aliphatic rings. The van der Waals surface area contributed by atoms with Crippen LogP contribution in [0.4, 0.5) is 0 Å². The van der Waals surface area contributed by atoms with Crippen molar-refractivity contribution in [2.45, 2.75) is 96.7 Å². The second-order valence-corrected chi connectivity index (χ2v) is 10.8. The van der Waals surface area contributed by atoms with Crippen molar-refractivity contribution in [3.63, 3.8) is 0 Å². The van der Waals surface area contributed by atoms with E-state index in [4.69, 9.17) is 38.9 Å². The molecule has 16 heteroatoms. The van der Waals surface area contributed by atoms with Crippen molar-refractivity contribution < 1.29 is 61.9 Å². The standard InChI is InChI=1S/C31H45N3O13/c1-18(35)34-27-25(43-20(3)37)15-31(30(40)41-6,46-24-11-9-23(10-12-24)16-33-14-8-7-13-32)47-29(27)28(45-22(5)39)26(44-21(4)38)17-42-19(2)36/h9-12,25-29,33H,7-8,13-17,32H2,1-6H3,(H,34,35)/t25-,26+,27+,28+,29+,31+/m0/s1. The molecule has 1 aromatic carbocycles. The van der Waals surface area contributed by atoms with Crippen LogP contribution < -0.4 is 21.1 Å². The van der Waals surface area contributed by atoms with Crippen LogP contribution >= 0.6 is 0 Å². The zero-order valence-electron chi connectivity index (χ0n) is 27.5. The first-order chi connectivity index (χ1) is 22.2. The first-order valence-electron chi connectivity index (χ1n) is 15.1. The quantitative estimate of drug-likeness (QED) is 0.116. The summed E-state index contributed by atoms with van der Waals surface area (Å²) in [7, 11) is 1.08. The van der Waals surface area contributed by atoms with Gasteiger partial charge in [-0.2, -0.15) is 0 Å². The van der Waals surface area contributed by atoms with Gasteiger partial charge in [0.05, 0.1) is 19.6 Å². The molecule has 6 atom stereocenters. The van der Waals surface area contributed by atoms with E-state index in [9.17, 15) is 28.8 Å². The maximum Gasteiger partial charge on any atom is 0.379 e. The van der Waals surface area contributed by atoms with Crippen molar-refractivity contribution in [2.24, 2.45) is 5.73 Å². The molecule has 0 saturated carbocycles. The van der Waals surface area contributed by atoms with E-state index in [0.717, 1.165) is 59.8 Å². The molecule has 0 unspecified atom stereocenters. The zero-order valence-corrected chi connectivity index (χ0v) is 27.5. The van der Waals surface area contributed by atoms with Crippen LogP contribution in [0.25, 0.3) is 0 Å². The van der Waals surface area contributed by atoms with Gasteiger partial charge in [0.2, 0.25) is 5.91 Å². The number of ether oxygens (including phenoxy) is 7. The molecular weight excluding hydrogens is 622 g/mol. The van der Waals surface area contributed by atoms with Crippen LogP contribution in [0, 0.1) is 0 Å². The largest absolute Gasteiger partial charge is 0.464 e. The second-order valence-electron chi connectivity index (χ2n) is 10.8. The third-order valence-electron chi connectivity index (χ3n) is 6.84. The van der Waals surface area contributed by atoms with Gasteiger partial charge in [0.25, 0.3) is 0 Å². The van der Waals surface area contributed by atoms with Crippen LogP contribution in [-0.4, -0.2) is 98.8 Å². The fourth-order valence-electron chi connectivity index (χ4n) is 5.00. The topological polar surface area (TPSA) is 217 Å². The lowest BCUT2D eigenvalue weighted by Gasteiger charge is -2.48. The van der Waals surface area contributed by atoms with Crippen molar-refractivity contribution in [3.05, 3.63) is 29.8 Å². The Labute approximate surface area is 273 Å². The number of carbonyl (C=O) groups is 6. The van der Waals surface area contributed by atoms with E-state index >= 15 is 0 Å². The first kappa shape index (κ1) is 38.9. The van der Waals surface area contributed by atoms with Crippen molar-refractivity contribution >= 4 is 35.8 Å². The third kappa shape index (κ3) is 12.4. The summed E-state index contributed by atoms with van der Waals surface area (Å²) in [6.45, 7) is 6.87. The number of hydrogen-bond donors (Lipinski definition) is 3. The average molecular weight is 668 g/mol. The van der Waals surface area contributed by atoms with E-state index < -0.39 is 85.0 Å². The Kier molecular flexibility index (Phi) is 15.5.